The second-order valence-electron chi connectivity index (χ2n) is 4.00. The molecule has 1 saturated heterocycles. The fourth-order valence-corrected chi connectivity index (χ4v) is 2.23. The van der Waals surface area contributed by atoms with Crippen LogP contribution in [0, 0.1) is 17.6 Å². The fraction of sp³-hybridized carbons (Fsp3) is 0.364. The van der Waals surface area contributed by atoms with Crippen LogP contribution in [0.2, 0.25) is 0 Å². The lowest BCUT2D eigenvalue weighted by molar-refractivity contribution is -0.117. The van der Waals surface area contributed by atoms with Crippen molar-refractivity contribution in [3.8, 4) is 0 Å². The number of halogens is 3. The van der Waals surface area contributed by atoms with Crippen molar-refractivity contribution >= 4 is 27.5 Å². The van der Waals surface area contributed by atoms with Crippen molar-refractivity contribution in [3.63, 3.8) is 0 Å². The molecule has 1 atom stereocenters. The molecule has 1 unspecified atom stereocenters. The van der Waals surface area contributed by atoms with Gasteiger partial charge in [0.05, 0.1) is 10.2 Å². The number of carbonyl (C=O) groups excluding carboxylic acids is 1. The molecule has 1 aromatic carbocycles. The van der Waals surface area contributed by atoms with E-state index in [0.717, 1.165) is 6.07 Å². The van der Waals surface area contributed by atoms with E-state index in [9.17, 15) is 13.6 Å². The molecular formula is C11H11BrF2N2O. The molecule has 0 radical (unpaired) electrons. The van der Waals surface area contributed by atoms with Gasteiger partial charge in [-0.1, -0.05) is 0 Å². The molecule has 0 bridgehead atoms. The summed E-state index contributed by atoms with van der Waals surface area (Å²) in [5.74, 6) is -1.59. The van der Waals surface area contributed by atoms with Crippen LogP contribution < -0.4 is 10.6 Å². The van der Waals surface area contributed by atoms with Gasteiger partial charge in [-0.15, -0.1) is 0 Å². The van der Waals surface area contributed by atoms with E-state index in [0.29, 0.717) is 19.5 Å². The van der Waals surface area contributed by atoms with Crippen molar-refractivity contribution in [1.82, 2.24) is 0 Å². The zero-order valence-corrected chi connectivity index (χ0v) is 10.5. The molecule has 92 valence electrons. The van der Waals surface area contributed by atoms with Crippen LogP contribution in [0.4, 0.5) is 14.5 Å². The van der Waals surface area contributed by atoms with Crippen molar-refractivity contribution in [1.29, 1.82) is 0 Å². The Bertz CT molecular complexity index is 467. The molecule has 2 N–H and O–H groups in total. The Morgan fingerprint density at radius 1 is 1.47 bits per heavy atom. The Kier molecular flexibility index (Phi) is 3.44. The third-order valence-electron chi connectivity index (χ3n) is 2.84. The van der Waals surface area contributed by atoms with Gasteiger partial charge in [-0.25, -0.2) is 8.78 Å². The minimum atomic E-state index is -0.754. The van der Waals surface area contributed by atoms with Crippen LogP contribution in [0.15, 0.2) is 16.6 Å². The first-order valence-corrected chi connectivity index (χ1v) is 5.97. The molecule has 0 aromatic heterocycles. The summed E-state index contributed by atoms with van der Waals surface area (Å²) in [6.45, 7) is 0.760. The van der Waals surface area contributed by atoms with Crippen LogP contribution in [0.5, 0.6) is 0 Å². The van der Waals surface area contributed by atoms with Gasteiger partial charge in [0, 0.05) is 13.0 Å². The van der Waals surface area contributed by atoms with Crippen molar-refractivity contribution in [2.75, 3.05) is 18.0 Å². The number of nitrogens with two attached hydrogens (primary N) is 1. The number of nitrogens with zero attached hydrogens (tertiary/aromatic N) is 1. The molecule has 1 fully saturated rings. The normalized spacial score (nSPS) is 20.1. The van der Waals surface area contributed by atoms with Gasteiger partial charge in [0.2, 0.25) is 5.91 Å². The first-order valence-electron chi connectivity index (χ1n) is 5.18. The monoisotopic (exact) mass is 304 g/mol. The molecule has 0 spiro atoms. The predicted octanol–water partition coefficient (Wildman–Crippen LogP) is 2.04. The van der Waals surface area contributed by atoms with Gasteiger partial charge < -0.3 is 10.6 Å². The summed E-state index contributed by atoms with van der Waals surface area (Å²) in [5, 5.41) is 0. The highest BCUT2D eigenvalue weighted by molar-refractivity contribution is 9.10. The maximum atomic E-state index is 13.8. The lowest BCUT2D eigenvalue weighted by Gasteiger charge is -2.18. The highest BCUT2D eigenvalue weighted by Gasteiger charge is 2.31. The highest BCUT2D eigenvalue weighted by atomic mass is 79.9. The number of hydrogen-bond acceptors (Lipinski definition) is 2. The summed E-state index contributed by atoms with van der Waals surface area (Å²) in [6.07, 6.45) is 0.310. The van der Waals surface area contributed by atoms with Gasteiger partial charge in [-0.3, -0.25) is 4.79 Å². The smallest absolute Gasteiger partial charge is 0.227 e. The van der Waals surface area contributed by atoms with E-state index in [1.165, 1.54) is 11.0 Å². The molecule has 1 aromatic rings. The van der Waals surface area contributed by atoms with E-state index in [2.05, 4.69) is 15.9 Å². The lowest BCUT2D eigenvalue weighted by Crippen LogP contribution is -2.26. The van der Waals surface area contributed by atoms with Crippen molar-refractivity contribution in [3.05, 3.63) is 28.2 Å². The van der Waals surface area contributed by atoms with E-state index in [-0.39, 0.29) is 22.0 Å². The minimum absolute atomic E-state index is 0.0331. The zero-order valence-electron chi connectivity index (χ0n) is 8.92. The summed E-state index contributed by atoms with van der Waals surface area (Å²) in [5.41, 5.74) is 5.58. The van der Waals surface area contributed by atoms with Crippen LogP contribution in [0.3, 0.4) is 0 Å². The van der Waals surface area contributed by atoms with Gasteiger partial charge in [0.1, 0.15) is 5.82 Å². The largest absolute Gasteiger partial charge is 0.330 e. The van der Waals surface area contributed by atoms with Crippen molar-refractivity contribution in [2.24, 2.45) is 11.7 Å². The van der Waals surface area contributed by atoms with E-state index in [1.54, 1.807) is 0 Å². The molecule has 1 aliphatic heterocycles. The maximum Gasteiger partial charge on any atom is 0.227 e. The van der Waals surface area contributed by atoms with Crippen LogP contribution >= 0.6 is 15.9 Å². The average Bonchev–Trinajstić information content (AvgIpc) is 2.68. The fourth-order valence-electron chi connectivity index (χ4n) is 1.90. The Morgan fingerprint density at radius 2 is 2.18 bits per heavy atom. The summed E-state index contributed by atoms with van der Waals surface area (Å²) in [7, 11) is 0. The second kappa shape index (κ2) is 4.70. The van der Waals surface area contributed by atoms with Gasteiger partial charge in [-0.05, 0) is 40.5 Å². The van der Waals surface area contributed by atoms with Gasteiger partial charge in [0.25, 0.3) is 0 Å². The van der Waals surface area contributed by atoms with Gasteiger partial charge >= 0.3 is 0 Å². The van der Waals surface area contributed by atoms with Gasteiger partial charge in [0.15, 0.2) is 5.82 Å². The minimum Gasteiger partial charge on any atom is -0.330 e. The summed E-state index contributed by atoms with van der Waals surface area (Å²) >= 11 is 2.82. The number of carbonyl (C=O) groups is 1. The number of amides is 1. The number of hydrogen-bond donors (Lipinski definition) is 1. The molecule has 6 heteroatoms. The molecule has 2 rings (SSSR count). The Labute approximate surface area is 106 Å². The summed E-state index contributed by atoms with van der Waals surface area (Å²) < 4.78 is 26.6. The average molecular weight is 305 g/mol. The first-order chi connectivity index (χ1) is 8.04. The lowest BCUT2D eigenvalue weighted by atomic mass is 10.1. The molecule has 17 heavy (non-hydrogen) atoms. The van der Waals surface area contributed by atoms with E-state index < -0.39 is 11.6 Å². The van der Waals surface area contributed by atoms with Crippen LogP contribution in [0.1, 0.15) is 6.42 Å². The predicted molar refractivity (Wildman–Crippen MR) is 63.6 cm³/mol. The SMILES string of the molecule is NCC1CC(=O)N(c2ccc(F)c(Br)c2F)C1. The topological polar surface area (TPSA) is 46.3 Å². The van der Waals surface area contributed by atoms with E-state index >= 15 is 0 Å². The summed E-state index contributed by atoms with van der Waals surface area (Å²) in [6, 6.07) is 2.40. The molecular weight excluding hydrogens is 294 g/mol. The van der Waals surface area contributed by atoms with Crippen LogP contribution in [-0.4, -0.2) is 19.0 Å². The van der Waals surface area contributed by atoms with Crippen LogP contribution in [0.25, 0.3) is 0 Å². The zero-order chi connectivity index (χ0) is 12.6. The quantitative estimate of drug-likeness (QED) is 0.850. The molecule has 1 amide bonds. The Balaban J connectivity index is 2.35. The third-order valence-corrected chi connectivity index (χ3v) is 3.57. The van der Waals surface area contributed by atoms with Crippen molar-refractivity contribution < 1.29 is 13.6 Å². The third kappa shape index (κ3) is 2.19. The van der Waals surface area contributed by atoms with Gasteiger partial charge in [-0.2, -0.15) is 0 Å². The number of benzene rings is 1. The van der Waals surface area contributed by atoms with E-state index in [1.807, 2.05) is 0 Å². The molecule has 0 saturated carbocycles. The van der Waals surface area contributed by atoms with Crippen molar-refractivity contribution in [2.45, 2.75) is 6.42 Å². The first kappa shape index (κ1) is 12.4. The number of anilines is 1. The molecule has 3 nitrogen and oxygen atoms in total. The molecule has 1 aliphatic rings. The number of rotatable bonds is 2. The summed E-state index contributed by atoms with van der Waals surface area (Å²) in [4.78, 5) is 13.0. The molecule has 1 heterocycles. The van der Waals surface area contributed by atoms with Crippen LogP contribution in [-0.2, 0) is 4.79 Å². The Morgan fingerprint density at radius 3 is 2.76 bits per heavy atom. The maximum absolute atomic E-state index is 13.8. The Hall–Kier alpha value is -1.01. The second-order valence-corrected chi connectivity index (χ2v) is 4.80. The standard InChI is InChI=1S/C11H11BrF2N2O/c12-10-7(13)1-2-8(11(10)14)16-5-6(4-15)3-9(16)17/h1-2,6H,3-5,15H2. The highest BCUT2D eigenvalue weighted by Crippen LogP contribution is 2.32. The van der Waals surface area contributed by atoms with E-state index in [4.69, 9.17) is 5.73 Å². The molecule has 0 aliphatic carbocycles.